The standard InChI is InChI=1S/C18H21NO3S/c1-12-9-17(13(2)23-12)18(20)19-14-5-3-6-15(10-14)22-11-16-7-4-8-21-16/h3,5-6,9-10,16H,4,7-8,11H2,1-2H3,(H,19,20). The fourth-order valence-electron chi connectivity index (χ4n) is 2.68. The third-order valence-electron chi connectivity index (χ3n) is 3.84. The molecule has 1 atom stereocenters. The highest BCUT2D eigenvalue weighted by atomic mass is 32.1. The molecule has 1 fully saturated rings. The number of ether oxygens (including phenoxy) is 2. The number of rotatable bonds is 5. The van der Waals surface area contributed by atoms with Gasteiger partial charge in [-0.3, -0.25) is 4.79 Å². The Labute approximate surface area is 140 Å². The summed E-state index contributed by atoms with van der Waals surface area (Å²) >= 11 is 1.63. The van der Waals surface area contributed by atoms with Crippen molar-refractivity contribution in [2.24, 2.45) is 0 Å². The van der Waals surface area contributed by atoms with Gasteiger partial charge in [0, 0.05) is 28.1 Å². The fourth-order valence-corrected chi connectivity index (χ4v) is 3.60. The maximum atomic E-state index is 12.4. The Morgan fingerprint density at radius 2 is 2.26 bits per heavy atom. The summed E-state index contributed by atoms with van der Waals surface area (Å²) in [4.78, 5) is 14.5. The normalized spacial score (nSPS) is 17.2. The van der Waals surface area contributed by atoms with Crippen LogP contribution in [0.25, 0.3) is 0 Å². The molecule has 2 heterocycles. The van der Waals surface area contributed by atoms with E-state index in [1.54, 1.807) is 11.3 Å². The van der Waals surface area contributed by atoms with Crippen LogP contribution in [0.1, 0.15) is 33.0 Å². The summed E-state index contributed by atoms with van der Waals surface area (Å²) in [5.41, 5.74) is 1.47. The summed E-state index contributed by atoms with van der Waals surface area (Å²) in [7, 11) is 0. The molecule has 122 valence electrons. The highest BCUT2D eigenvalue weighted by molar-refractivity contribution is 7.12. The van der Waals surface area contributed by atoms with Gasteiger partial charge in [-0.15, -0.1) is 11.3 Å². The molecule has 1 aromatic carbocycles. The number of benzene rings is 1. The zero-order valence-electron chi connectivity index (χ0n) is 13.4. The molecule has 0 radical (unpaired) electrons. The second kappa shape index (κ2) is 7.15. The minimum Gasteiger partial charge on any atom is -0.491 e. The van der Waals surface area contributed by atoms with Crippen LogP contribution in [-0.4, -0.2) is 25.2 Å². The van der Waals surface area contributed by atoms with E-state index in [4.69, 9.17) is 9.47 Å². The first-order valence-electron chi connectivity index (χ1n) is 7.84. The number of nitrogens with one attached hydrogen (secondary N) is 1. The highest BCUT2D eigenvalue weighted by Crippen LogP contribution is 2.23. The topological polar surface area (TPSA) is 47.6 Å². The van der Waals surface area contributed by atoms with Gasteiger partial charge in [-0.25, -0.2) is 0 Å². The highest BCUT2D eigenvalue weighted by Gasteiger charge is 2.16. The summed E-state index contributed by atoms with van der Waals surface area (Å²) in [6.07, 6.45) is 2.33. The second-order valence-electron chi connectivity index (χ2n) is 5.75. The second-order valence-corrected chi connectivity index (χ2v) is 7.22. The lowest BCUT2D eigenvalue weighted by atomic mass is 10.2. The number of carbonyl (C=O) groups is 1. The van der Waals surface area contributed by atoms with Crippen LogP contribution >= 0.6 is 11.3 Å². The van der Waals surface area contributed by atoms with Crippen molar-refractivity contribution in [3.63, 3.8) is 0 Å². The van der Waals surface area contributed by atoms with Crippen molar-refractivity contribution < 1.29 is 14.3 Å². The van der Waals surface area contributed by atoms with Crippen LogP contribution in [0, 0.1) is 13.8 Å². The molecule has 4 nitrogen and oxygen atoms in total. The van der Waals surface area contributed by atoms with Crippen LogP contribution in [0.3, 0.4) is 0 Å². The van der Waals surface area contributed by atoms with Crippen LogP contribution in [0.15, 0.2) is 30.3 Å². The molecule has 1 unspecified atom stereocenters. The Balaban J connectivity index is 1.62. The molecule has 1 aromatic heterocycles. The summed E-state index contributed by atoms with van der Waals surface area (Å²) in [5.74, 6) is 0.666. The third kappa shape index (κ3) is 4.12. The predicted octanol–water partition coefficient (Wildman–Crippen LogP) is 4.18. The minimum absolute atomic E-state index is 0.0804. The monoisotopic (exact) mass is 331 g/mol. The lowest BCUT2D eigenvalue weighted by Crippen LogP contribution is -2.16. The van der Waals surface area contributed by atoms with Crippen molar-refractivity contribution in [3.8, 4) is 5.75 Å². The van der Waals surface area contributed by atoms with E-state index in [0.717, 1.165) is 46.2 Å². The molecule has 1 saturated heterocycles. The number of thiophene rings is 1. The molecule has 3 rings (SSSR count). The van der Waals surface area contributed by atoms with Crippen molar-refractivity contribution in [2.45, 2.75) is 32.8 Å². The molecule has 23 heavy (non-hydrogen) atoms. The molecule has 2 aromatic rings. The van der Waals surface area contributed by atoms with Crippen LogP contribution in [0.4, 0.5) is 5.69 Å². The van der Waals surface area contributed by atoms with Gasteiger partial charge in [0.15, 0.2) is 0 Å². The zero-order valence-corrected chi connectivity index (χ0v) is 14.2. The smallest absolute Gasteiger partial charge is 0.256 e. The lowest BCUT2D eigenvalue weighted by Gasteiger charge is -2.12. The van der Waals surface area contributed by atoms with Gasteiger partial charge in [-0.05, 0) is 44.9 Å². The van der Waals surface area contributed by atoms with Gasteiger partial charge < -0.3 is 14.8 Å². The van der Waals surface area contributed by atoms with Gasteiger partial charge in [0.25, 0.3) is 5.91 Å². The van der Waals surface area contributed by atoms with E-state index >= 15 is 0 Å². The summed E-state index contributed by atoms with van der Waals surface area (Å²) < 4.78 is 11.3. The van der Waals surface area contributed by atoms with E-state index in [0.29, 0.717) is 6.61 Å². The van der Waals surface area contributed by atoms with Crippen LogP contribution in [0.5, 0.6) is 5.75 Å². The molecule has 0 saturated carbocycles. The molecule has 5 heteroatoms. The van der Waals surface area contributed by atoms with E-state index < -0.39 is 0 Å². The molecule has 1 aliphatic heterocycles. The van der Waals surface area contributed by atoms with Gasteiger partial charge in [-0.1, -0.05) is 6.07 Å². The van der Waals surface area contributed by atoms with Gasteiger partial charge in [0.2, 0.25) is 0 Å². The Bertz CT molecular complexity index is 689. The van der Waals surface area contributed by atoms with Crippen LogP contribution < -0.4 is 10.1 Å². The Morgan fingerprint density at radius 1 is 1.39 bits per heavy atom. The van der Waals surface area contributed by atoms with E-state index in [1.807, 2.05) is 44.2 Å². The number of aryl methyl sites for hydroxylation is 2. The lowest BCUT2D eigenvalue weighted by molar-refractivity contribution is 0.0680. The molecular formula is C18H21NO3S. The average molecular weight is 331 g/mol. The van der Waals surface area contributed by atoms with Crippen molar-refractivity contribution in [1.82, 2.24) is 0 Å². The largest absolute Gasteiger partial charge is 0.491 e. The van der Waals surface area contributed by atoms with Crippen LogP contribution in [0.2, 0.25) is 0 Å². The van der Waals surface area contributed by atoms with Crippen molar-refractivity contribution in [3.05, 3.63) is 45.6 Å². The average Bonchev–Trinajstić information content (AvgIpc) is 3.15. The van der Waals surface area contributed by atoms with Crippen LogP contribution in [-0.2, 0) is 4.74 Å². The van der Waals surface area contributed by atoms with E-state index in [9.17, 15) is 4.79 Å². The Morgan fingerprint density at radius 3 is 2.96 bits per heavy atom. The molecule has 0 spiro atoms. The molecule has 1 amide bonds. The number of amides is 1. The third-order valence-corrected chi connectivity index (χ3v) is 4.80. The van der Waals surface area contributed by atoms with Crippen molar-refractivity contribution in [1.29, 1.82) is 0 Å². The fraction of sp³-hybridized carbons (Fsp3) is 0.389. The van der Waals surface area contributed by atoms with Gasteiger partial charge >= 0.3 is 0 Å². The quantitative estimate of drug-likeness (QED) is 0.894. The maximum Gasteiger partial charge on any atom is 0.256 e. The molecule has 1 N–H and O–H groups in total. The van der Waals surface area contributed by atoms with Gasteiger partial charge in [0.1, 0.15) is 12.4 Å². The first-order chi connectivity index (χ1) is 11.1. The summed E-state index contributed by atoms with van der Waals surface area (Å²) in [6, 6.07) is 9.41. The van der Waals surface area contributed by atoms with Crippen molar-refractivity contribution in [2.75, 3.05) is 18.5 Å². The molecule has 0 aliphatic carbocycles. The summed E-state index contributed by atoms with van der Waals surface area (Å²) in [5, 5.41) is 2.94. The maximum absolute atomic E-state index is 12.4. The van der Waals surface area contributed by atoms with Gasteiger partial charge in [-0.2, -0.15) is 0 Å². The summed E-state index contributed by atoms with van der Waals surface area (Å²) in [6.45, 7) is 5.35. The van der Waals surface area contributed by atoms with E-state index in [2.05, 4.69) is 5.32 Å². The minimum atomic E-state index is -0.0804. The number of hydrogen-bond donors (Lipinski definition) is 1. The number of hydrogen-bond acceptors (Lipinski definition) is 4. The molecular weight excluding hydrogens is 310 g/mol. The SMILES string of the molecule is Cc1cc(C(=O)Nc2cccc(OCC3CCCO3)c2)c(C)s1. The first kappa shape index (κ1) is 16.0. The number of anilines is 1. The molecule has 1 aliphatic rings. The van der Waals surface area contributed by atoms with Crippen molar-refractivity contribution >= 4 is 22.9 Å². The Kier molecular flexibility index (Phi) is 4.98. The predicted molar refractivity (Wildman–Crippen MR) is 92.7 cm³/mol. The van der Waals surface area contributed by atoms with E-state index in [1.165, 1.54) is 0 Å². The Hall–Kier alpha value is -1.85. The molecule has 0 bridgehead atoms. The van der Waals surface area contributed by atoms with E-state index in [-0.39, 0.29) is 12.0 Å². The van der Waals surface area contributed by atoms with Gasteiger partial charge in [0.05, 0.1) is 11.7 Å². The number of carbonyl (C=O) groups excluding carboxylic acids is 1. The zero-order chi connectivity index (χ0) is 16.2. The first-order valence-corrected chi connectivity index (χ1v) is 8.66.